The molecule has 1 atom stereocenters. The quantitative estimate of drug-likeness (QED) is 0.0777. The standard InChI is InChI=1S/C8H9N.C8H8O.C7H7NO2S.C7H7NS.C5H6N2O2.C5H12N2.C4H7N3O.C4H4N2O2.C4H10N2.C4H8OS.C4H8S2.C4H8S/c2*1-2-4-8-6-9-5-7(8)3-1;9-11(10)7-4-2-1-3-6(7)5-8-11;1-2-4-7-6(3-1)5-8-9-7;1-3-2-4(8)7-5(9)6-3;1-2-6-4-5-7-3-1;5-3-1-2-6-4(8)7-3;7-3-1-2-5-4(8)6-3;1-2-4-6-5-3-1;1-3-6-4-2-5-1;1-2-6-4-3-5-1;1-2-4-5-3-1/h1-4,9H,5-6H2;1-4H,5-6H2;1-4,8H,5H2;1-4,8H,5H2;2H,1H3,(H2,6,7,8,9);6-7H,1-5H2;1-3H,5H2,(H2,6,7,8);1-2H,(H2,5,6,7,8);5-6H,1-4H2;2*1-4H2;1-4H2. The molecule has 6 aromatic rings. The molecule has 0 radical (unpaired) electrons. The topological polar surface area (TPSA) is 335 Å². The highest BCUT2D eigenvalue weighted by molar-refractivity contribution is 8.06. The Morgan fingerprint density at radius 1 is 0.505 bits per heavy atom. The monoisotopic (exact) mass is 1390 g/mol. The van der Waals surface area contributed by atoms with E-state index in [2.05, 4.69) is 153 Å². The number of nitrogens with one attached hydrogen (secondary N) is 13. The largest absolute Gasteiger partial charge is 0.380 e. The van der Waals surface area contributed by atoms with Gasteiger partial charge in [0, 0.05) is 122 Å². The minimum absolute atomic E-state index is 0.250. The minimum atomic E-state index is -3.16. The lowest BCUT2D eigenvalue weighted by molar-refractivity contribution is 0.134. The summed E-state index contributed by atoms with van der Waals surface area (Å²) < 4.78 is 38.2. The van der Waals surface area contributed by atoms with Crippen LogP contribution in [0.1, 0.15) is 71.2 Å². The Morgan fingerprint density at radius 2 is 1.05 bits per heavy atom. The highest BCUT2D eigenvalue weighted by atomic mass is 32.2. The van der Waals surface area contributed by atoms with Gasteiger partial charge < -0.3 is 51.8 Å². The van der Waals surface area contributed by atoms with Crippen LogP contribution in [0.3, 0.4) is 0 Å². The fraction of sp³-hybridized carbons (Fsp3) is 0.453. The molecule has 0 aliphatic carbocycles. The Balaban J connectivity index is 0.000000185. The van der Waals surface area contributed by atoms with Crippen molar-refractivity contribution in [2.24, 2.45) is 5.73 Å². The summed E-state index contributed by atoms with van der Waals surface area (Å²) in [5, 5.41) is 14.7. The van der Waals surface area contributed by atoms with Crippen LogP contribution in [0.5, 0.6) is 0 Å². The highest BCUT2D eigenvalue weighted by Gasteiger charge is 2.24. The lowest BCUT2D eigenvalue weighted by Crippen LogP contribution is -2.47. The van der Waals surface area contributed by atoms with Gasteiger partial charge in [-0.15, -0.1) is 0 Å². The van der Waals surface area contributed by atoms with Gasteiger partial charge in [0.1, 0.15) is 0 Å². The molecule has 2 aromatic heterocycles. The summed E-state index contributed by atoms with van der Waals surface area (Å²) in [6, 6.07) is 34.6. The summed E-state index contributed by atoms with van der Waals surface area (Å²) in [5.41, 5.74) is 18.1. The van der Waals surface area contributed by atoms with Crippen LogP contribution >= 0.6 is 59.0 Å². The fourth-order valence-corrected chi connectivity index (χ4v) is 14.7. The van der Waals surface area contributed by atoms with Crippen LogP contribution in [-0.4, -0.2) is 139 Å². The summed E-state index contributed by atoms with van der Waals surface area (Å²) in [5.74, 6) is 10.7. The summed E-state index contributed by atoms with van der Waals surface area (Å²) in [4.78, 5) is 62.0. The molecular formula is C64H94N14O9S6. The number of aromatic amines is 4. The predicted octanol–water partition coefficient (Wildman–Crippen LogP) is 5.99. The van der Waals surface area contributed by atoms with E-state index in [0.717, 1.165) is 77.8 Å². The van der Waals surface area contributed by atoms with Gasteiger partial charge in [0.25, 0.3) is 11.1 Å². The van der Waals surface area contributed by atoms with Crippen LogP contribution in [-0.2, 0) is 58.9 Å². The van der Waals surface area contributed by atoms with Crippen molar-refractivity contribution in [1.82, 2.24) is 66.8 Å². The van der Waals surface area contributed by atoms with Gasteiger partial charge in [-0.25, -0.2) is 27.5 Å². The fourth-order valence-electron chi connectivity index (χ4n) is 8.65. The van der Waals surface area contributed by atoms with Gasteiger partial charge in [-0.3, -0.25) is 35.1 Å². The molecule has 10 aliphatic rings. The zero-order chi connectivity index (χ0) is 66.2. The maximum Gasteiger partial charge on any atom is 0.325 e. The molecule has 16 rings (SSSR count). The van der Waals surface area contributed by atoms with Crippen molar-refractivity contribution in [3.63, 3.8) is 0 Å². The van der Waals surface area contributed by atoms with Gasteiger partial charge >= 0.3 is 17.4 Å². The molecule has 0 saturated carbocycles. The van der Waals surface area contributed by atoms with Crippen LogP contribution < -0.4 is 75.1 Å². The first-order chi connectivity index (χ1) is 45.4. The van der Waals surface area contributed by atoms with E-state index in [1.807, 2.05) is 46.0 Å². The number of thioether (sulfide) groups is 4. The molecule has 15 N–H and O–H groups in total. The number of urea groups is 1. The van der Waals surface area contributed by atoms with Crippen molar-refractivity contribution < 1.29 is 22.7 Å². The number of hydrazine groups is 1. The van der Waals surface area contributed by atoms with Gasteiger partial charge in [0.2, 0.25) is 10.0 Å². The molecule has 93 heavy (non-hydrogen) atoms. The number of fused-ring (bicyclic) bond motifs is 4. The van der Waals surface area contributed by atoms with Crippen LogP contribution in [0.4, 0.5) is 4.79 Å². The molecule has 5 fully saturated rings. The third kappa shape index (κ3) is 36.3. The van der Waals surface area contributed by atoms with E-state index >= 15 is 0 Å². The first-order valence-electron chi connectivity index (χ1n) is 31.2. The molecule has 0 spiro atoms. The van der Waals surface area contributed by atoms with Gasteiger partial charge in [0.05, 0.1) is 37.5 Å². The van der Waals surface area contributed by atoms with E-state index in [4.69, 9.17) is 15.2 Å². The number of ether oxygens (including phenoxy) is 2. The van der Waals surface area contributed by atoms with Crippen molar-refractivity contribution in [2.75, 3.05) is 98.5 Å². The Morgan fingerprint density at radius 3 is 1.49 bits per heavy atom. The molecule has 1 unspecified atom stereocenters. The van der Waals surface area contributed by atoms with E-state index in [0.29, 0.717) is 17.1 Å². The Kier molecular flexibility index (Phi) is 41.3. The number of hydrogen-bond acceptors (Lipinski definition) is 21. The van der Waals surface area contributed by atoms with Crippen molar-refractivity contribution >= 4 is 75.0 Å². The van der Waals surface area contributed by atoms with Crippen molar-refractivity contribution in [3.8, 4) is 0 Å². The maximum absolute atomic E-state index is 11.1. The predicted molar refractivity (Wildman–Crippen MR) is 385 cm³/mol. The van der Waals surface area contributed by atoms with E-state index in [9.17, 15) is 32.4 Å². The average molecular weight is 1400 g/mol. The van der Waals surface area contributed by atoms with Crippen molar-refractivity contribution in [2.45, 2.75) is 94.4 Å². The number of carbonyl (C=O) groups is 1. The number of rotatable bonds is 0. The van der Waals surface area contributed by atoms with Gasteiger partial charge in [0.15, 0.2) is 0 Å². The molecule has 10 aliphatic heterocycles. The van der Waals surface area contributed by atoms with Gasteiger partial charge in [-0.2, -0.15) is 47.0 Å². The number of benzene rings is 4. The normalized spacial score (nSPS) is 18.6. The SMILES string of the molecule is C1CCNNC1.C1CCSC1.C1CNCCNC1.C1CSCCO1.C1CSCCS1.Cc1cc(=O)[nH]c(=O)[nH]1.NC1C=CNC(=O)N1.O=S1(=O)NCc2ccccc21.O=c1cc[nH]c(=O)[nH]1.c1ccc2c(c1)CNC2.c1ccc2c(c1)CNS2.c1ccc2c(c1)COC2. The molecular weight excluding hydrogens is 1300 g/mol. The Hall–Kier alpha value is -5.45. The highest BCUT2D eigenvalue weighted by Crippen LogP contribution is 2.26. The molecule has 23 nitrogen and oxygen atoms in total. The smallest absolute Gasteiger partial charge is 0.325 e. The van der Waals surface area contributed by atoms with E-state index in [1.165, 1.54) is 148 Å². The van der Waals surface area contributed by atoms with Crippen LogP contribution in [0.2, 0.25) is 0 Å². The molecule has 12 heterocycles. The molecule has 0 bridgehead atoms. The zero-order valence-electron chi connectivity index (χ0n) is 53.0. The third-order valence-electron chi connectivity index (χ3n) is 13.4. The van der Waals surface area contributed by atoms with Gasteiger partial charge in [-0.1, -0.05) is 84.9 Å². The first-order valence-corrected chi connectivity index (χ1v) is 38.1. The number of nitrogens with two attached hydrogens (primary N) is 1. The van der Waals surface area contributed by atoms with E-state index in [-0.39, 0.29) is 23.3 Å². The molecule has 29 heteroatoms. The number of aromatic nitrogens is 4. The molecule has 2 amide bonds. The number of hydrogen-bond donors (Lipinski definition) is 14. The van der Waals surface area contributed by atoms with Gasteiger partial charge in [-0.05, 0) is 127 Å². The van der Waals surface area contributed by atoms with E-state index < -0.39 is 21.4 Å². The Bertz CT molecular complexity index is 3070. The van der Waals surface area contributed by atoms with Crippen LogP contribution in [0.15, 0.2) is 157 Å². The summed E-state index contributed by atoms with van der Waals surface area (Å²) >= 11 is 9.91. The minimum Gasteiger partial charge on any atom is -0.380 e. The summed E-state index contributed by atoms with van der Waals surface area (Å²) in [7, 11) is -3.16. The van der Waals surface area contributed by atoms with E-state index in [1.54, 1.807) is 37.1 Å². The second kappa shape index (κ2) is 49.1. The third-order valence-corrected chi connectivity index (χ3v) is 20.4. The second-order valence-electron chi connectivity index (χ2n) is 20.8. The number of H-pyrrole nitrogens is 4. The molecule has 4 aromatic carbocycles. The number of carbonyl (C=O) groups excluding carboxylic acids is 1. The lowest BCUT2D eigenvalue weighted by Gasteiger charge is -2.13. The van der Waals surface area contributed by atoms with Crippen LogP contribution in [0, 0.1) is 6.92 Å². The summed E-state index contributed by atoms with van der Waals surface area (Å²) in [6.07, 6.45) is 11.0. The lowest BCUT2D eigenvalue weighted by atomic mass is 10.1. The maximum atomic E-state index is 11.1. The van der Waals surface area contributed by atoms with Crippen molar-refractivity contribution in [1.29, 1.82) is 0 Å². The summed E-state index contributed by atoms with van der Waals surface area (Å²) in [6.45, 7) is 15.7. The van der Waals surface area contributed by atoms with Crippen molar-refractivity contribution in [3.05, 3.63) is 208 Å². The Labute approximate surface area is 567 Å². The number of amides is 2. The zero-order valence-corrected chi connectivity index (χ0v) is 57.9. The number of sulfonamides is 1. The molecule has 5 saturated heterocycles. The molecule has 510 valence electrons. The second-order valence-corrected chi connectivity index (χ2v) is 28.4. The van der Waals surface area contributed by atoms with Crippen LogP contribution in [0.25, 0.3) is 0 Å². The average Bonchev–Trinajstić information content (AvgIpc) is 1.71. The number of aryl methyl sites for hydroxylation is 1. The first kappa shape index (κ1) is 78.2.